The molecule has 0 aliphatic heterocycles. The normalized spacial score (nSPS) is 11.1. The minimum Gasteiger partial charge on any atom is -0.493 e. The Morgan fingerprint density at radius 2 is 1.25 bits per heavy atom. The second kappa shape index (κ2) is 6.01. The highest BCUT2D eigenvalue weighted by Gasteiger charge is 2.15. The molecular formula is C23H20O. The molecule has 1 nitrogen and oxygen atoms in total. The highest BCUT2D eigenvalue weighted by molar-refractivity contribution is 6.08. The van der Waals surface area contributed by atoms with Crippen molar-refractivity contribution in [2.45, 2.75) is 13.8 Å². The summed E-state index contributed by atoms with van der Waals surface area (Å²) in [6.45, 7) is 4.88. The van der Waals surface area contributed by atoms with Gasteiger partial charge in [0.05, 0.1) is 6.61 Å². The van der Waals surface area contributed by atoms with Gasteiger partial charge in [-0.1, -0.05) is 66.7 Å². The van der Waals surface area contributed by atoms with E-state index in [1.165, 1.54) is 38.2 Å². The molecule has 118 valence electrons. The Kier molecular flexibility index (Phi) is 3.70. The molecule has 0 heterocycles. The molecule has 0 amide bonds. The number of fused-ring (bicyclic) bond motifs is 2. The molecule has 4 aromatic rings. The Bertz CT molecular complexity index is 1030. The lowest BCUT2D eigenvalue weighted by Crippen LogP contribution is -1.97. The highest BCUT2D eigenvalue weighted by Crippen LogP contribution is 2.42. The van der Waals surface area contributed by atoms with Gasteiger partial charge in [-0.3, -0.25) is 0 Å². The van der Waals surface area contributed by atoms with E-state index in [-0.39, 0.29) is 0 Å². The Labute approximate surface area is 142 Å². The summed E-state index contributed by atoms with van der Waals surface area (Å²) < 4.78 is 6.00. The van der Waals surface area contributed by atoms with Crippen LogP contribution in [0.1, 0.15) is 12.5 Å². The van der Waals surface area contributed by atoms with Crippen LogP contribution in [0, 0.1) is 6.92 Å². The van der Waals surface area contributed by atoms with Crippen LogP contribution >= 0.6 is 0 Å². The van der Waals surface area contributed by atoms with Crippen LogP contribution in [-0.4, -0.2) is 6.61 Å². The molecule has 4 aromatic carbocycles. The molecule has 0 aliphatic rings. The summed E-state index contributed by atoms with van der Waals surface area (Å²) in [5.74, 6) is 0.954. The van der Waals surface area contributed by atoms with Gasteiger partial charge in [0.25, 0.3) is 0 Å². The monoisotopic (exact) mass is 312 g/mol. The van der Waals surface area contributed by atoms with Crippen molar-refractivity contribution in [2.75, 3.05) is 6.61 Å². The molecule has 0 aromatic heterocycles. The van der Waals surface area contributed by atoms with Crippen LogP contribution in [0.2, 0.25) is 0 Å². The lowest BCUT2D eigenvalue weighted by Gasteiger charge is -2.17. The van der Waals surface area contributed by atoms with Crippen LogP contribution in [0.25, 0.3) is 32.7 Å². The average molecular weight is 312 g/mol. The fourth-order valence-corrected chi connectivity index (χ4v) is 3.50. The molecule has 24 heavy (non-hydrogen) atoms. The van der Waals surface area contributed by atoms with Crippen molar-refractivity contribution in [1.29, 1.82) is 0 Å². The molecular weight excluding hydrogens is 292 g/mol. The van der Waals surface area contributed by atoms with E-state index in [4.69, 9.17) is 4.74 Å². The second-order valence-electron chi connectivity index (χ2n) is 6.07. The first-order valence-electron chi connectivity index (χ1n) is 8.43. The van der Waals surface area contributed by atoms with Crippen LogP contribution in [0.3, 0.4) is 0 Å². The van der Waals surface area contributed by atoms with E-state index in [2.05, 4.69) is 79.7 Å². The lowest BCUT2D eigenvalue weighted by molar-refractivity contribution is 0.342. The van der Waals surface area contributed by atoms with Gasteiger partial charge < -0.3 is 4.74 Å². The summed E-state index contributed by atoms with van der Waals surface area (Å²) in [5.41, 5.74) is 3.74. The Morgan fingerprint density at radius 3 is 1.92 bits per heavy atom. The Hall–Kier alpha value is -2.80. The van der Waals surface area contributed by atoms with E-state index < -0.39 is 0 Å². The number of hydrogen-bond acceptors (Lipinski definition) is 1. The summed E-state index contributed by atoms with van der Waals surface area (Å²) >= 11 is 0. The number of benzene rings is 4. The molecule has 1 heteroatoms. The van der Waals surface area contributed by atoms with E-state index in [1.807, 2.05) is 6.92 Å². The van der Waals surface area contributed by atoms with Crippen molar-refractivity contribution < 1.29 is 4.74 Å². The van der Waals surface area contributed by atoms with Gasteiger partial charge in [0, 0.05) is 5.56 Å². The standard InChI is InChI=1S/C23H20O/c1-3-24-21-15-14-18-9-5-7-11-20(18)23(21)22-16(2)12-13-17-8-4-6-10-19(17)22/h4-15H,3H2,1-2H3. The lowest BCUT2D eigenvalue weighted by atomic mass is 9.90. The zero-order valence-electron chi connectivity index (χ0n) is 14.0. The van der Waals surface area contributed by atoms with Crippen molar-refractivity contribution in [2.24, 2.45) is 0 Å². The van der Waals surface area contributed by atoms with Crippen LogP contribution in [0.4, 0.5) is 0 Å². The largest absolute Gasteiger partial charge is 0.493 e. The molecule has 0 spiro atoms. The summed E-state index contributed by atoms with van der Waals surface area (Å²) in [5, 5.41) is 5.01. The number of aryl methyl sites for hydroxylation is 1. The van der Waals surface area contributed by atoms with Gasteiger partial charge in [-0.05, 0) is 52.6 Å². The zero-order chi connectivity index (χ0) is 16.5. The first-order valence-corrected chi connectivity index (χ1v) is 8.43. The van der Waals surface area contributed by atoms with Gasteiger partial charge in [0.2, 0.25) is 0 Å². The fraction of sp³-hybridized carbons (Fsp3) is 0.130. The van der Waals surface area contributed by atoms with Gasteiger partial charge in [-0.15, -0.1) is 0 Å². The van der Waals surface area contributed by atoms with E-state index >= 15 is 0 Å². The van der Waals surface area contributed by atoms with Gasteiger partial charge in [-0.25, -0.2) is 0 Å². The van der Waals surface area contributed by atoms with Crippen LogP contribution in [0.15, 0.2) is 72.8 Å². The maximum atomic E-state index is 6.00. The van der Waals surface area contributed by atoms with Gasteiger partial charge in [0.1, 0.15) is 5.75 Å². The topological polar surface area (TPSA) is 9.23 Å². The third-order valence-corrected chi connectivity index (χ3v) is 4.58. The first-order chi connectivity index (χ1) is 11.8. The van der Waals surface area contributed by atoms with Crippen molar-refractivity contribution >= 4 is 21.5 Å². The maximum absolute atomic E-state index is 6.00. The minimum atomic E-state index is 0.662. The first kappa shape index (κ1) is 14.8. The van der Waals surface area contributed by atoms with Crippen molar-refractivity contribution in [3.63, 3.8) is 0 Å². The van der Waals surface area contributed by atoms with Gasteiger partial charge in [-0.2, -0.15) is 0 Å². The summed E-state index contributed by atoms with van der Waals surface area (Å²) in [4.78, 5) is 0. The number of ether oxygens (including phenoxy) is 1. The summed E-state index contributed by atoms with van der Waals surface area (Å²) in [6, 6.07) is 25.7. The molecule has 0 bridgehead atoms. The summed E-state index contributed by atoms with van der Waals surface area (Å²) in [7, 11) is 0. The quantitative estimate of drug-likeness (QED) is 0.427. The molecule has 0 saturated carbocycles. The smallest absolute Gasteiger partial charge is 0.127 e. The van der Waals surface area contributed by atoms with Crippen LogP contribution < -0.4 is 4.74 Å². The van der Waals surface area contributed by atoms with E-state index in [1.54, 1.807) is 0 Å². The van der Waals surface area contributed by atoms with Crippen LogP contribution in [-0.2, 0) is 0 Å². The van der Waals surface area contributed by atoms with E-state index in [0.29, 0.717) is 6.61 Å². The van der Waals surface area contributed by atoms with Crippen molar-refractivity contribution in [3.05, 3.63) is 78.4 Å². The predicted octanol–water partition coefficient (Wildman–Crippen LogP) is 6.37. The third-order valence-electron chi connectivity index (χ3n) is 4.58. The van der Waals surface area contributed by atoms with Crippen LogP contribution in [0.5, 0.6) is 5.75 Å². The Balaban J connectivity index is 2.17. The molecule has 0 fully saturated rings. The maximum Gasteiger partial charge on any atom is 0.127 e. The molecule has 0 saturated heterocycles. The molecule has 0 aliphatic carbocycles. The van der Waals surface area contributed by atoms with Gasteiger partial charge in [0.15, 0.2) is 0 Å². The second-order valence-corrected chi connectivity index (χ2v) is 6.07. The Morgan fingerprint density at radius 1 is 0.667 bits per heavy atom. The highest BCUT2D eigenvalue weighted by atomic mass is 16.5. The average Bonchev–Trinajstić information content (AvgIpc) is 2.62. The fourth-order valence-electron chi connectivity index (χ4n) is 3.50. The number of rotatable bonds is 3. The van der Waals surface area contributed by atoms with E-state index in [9.17, 15) is 0 Å². The van der Waals surface area contributed by atoms with E-state index in [0.717, 1.165) is 5.75 Å². The molecule has 4 rings (SSSR count). The zero-order valence-corrected chi connectivity index (χ0v) is 14.0. The SMILES string of the molecule is CCOc1ccc2ccccc2c1-c1c(C)ccc2ccccc12. The van der Waals surface area contributed by atoms with Crippen molar-refractivity contribution in [3.8, 4) is 16.9 Å². The van der Waals surface area contributed by atoms with Gasteiger partial charge >= 0.3 is 0 Å². The molecule has 0 atom stereocenters. The molecule has 0 radical (unpaired) electrons. The van der Waals surface area contributed by atoms with Crippen molar-refractivity contribution in [1.82, 2.24) is 0 Å². The predicted molar refractivity (Wildman–Crippen MR) is 103 cm³/mol. The molecule has 0 N–H and O–H groups in total. The minimum absolute atomic E-state index is 0.662. The summed E-state index contributed by atoms with van der Waals surface area (Å²) in [6.07, 6.45) is 0. The number of hydrogen-bond donors (Lipinski definition) is 0. The molecule has 0 unspecified atom stereocenters. The third kappa shape index (κ3) is 2.33.